The molecule has 0 aromatic carbocycles. The number of rotatable bonds is 7. The van der Waals surface area contributed by atoms with Gasteiger partial charge in [0.1, 0.15) is 23.5 Å². The first kappa shape index (κ1) is 15.2. The average molecular weight is 266 g/mol. The molecule has 0 saturated carbocycles. The maximum Gasteiger partial charge on any atom is 0.240 e. The van der Waals surface area contributed by atoms with Crippen molar-refractivity contribution < 1.29 is 4.79 Å². The average Bonchev–Trinajstić information content (AvgIpc) is 2.35. The molecular formula is C12H22N6O. The van der Waals surface area contributed by atoms with Crippen LogP contribution in [0.25, 0.3) is 0 Å². The molecule has 0 spiro atoms. The lowest BCUT2D eigenvalue weighted by atomic mass is 10.0. The van der Waals surface area contributed by atoms with Crippen LogP contribution in [-0.2, 0) is 11.2 Å². The Balaban J connectivity index is 2.98. The monoisotopic (exact) mass is 266 g/mol. The van der Waals surface area contributed by atoms with Crippen LogP contribution in [0, 0.1) is 5.92 Å². The van der Waals surface area contributed by atoms with E-state index in [1.807, 2.05) is 20.8 Å². The van der Waals surface area contributed by atoms with Gasteiger partial charge in [-0.15, -0.1) is 0 Å². The molecule has 1 rings (SSSR count). The van der Waals surface area contributed by atoms with Crippen LogP contribution in [0.3, 0.4) is 0 Å². The second-order valence-corrected chi connectivity index (χ2v) is 4.72. The Labute approximate surface area is 113 Å². The molecule has 0 radical (unpaired) electrons. The fraction of sp³-hybridized carbons (Fsp3) is 0.583. The number of anilines is 2. The number of carbonyl (C=O) groups excluding carboxylic acids is 1. The van der Waals surface area contributed by atoms with E-state index in [0.29, 0.717) is 17.5 Å². The number of carbonyl (C=O) groups is 1. The fourth-order valence-corrected chi connectivity index (χ4v) is 1.71. The highest BCUT2D eigenvalue weighted by Gasteiger charge is 2.20. The molecule has 0 saturated heterocycles. The largest absolute Gasteiger partial charge is 0.368 e. The molecule has 6 N–H and O–H groups in total. The first-order valence-electron chi connectivity index (χ1n) is 6.38. The van der Waals surface area contributed by atoms with Crippen molar-refractivity contribution in [2.24, 2.45) is 17.5 Å². The third-order valence-electron chi connectivity index (χ3n) is 2.67. The number of aromatic nitrogens is 2. The second kappa shape index (κ2) is 6.89. The third kappa shape index (κ3) is 4.36. The van der Waals surface area contributed by atoms with Crippen LogP contribution in [0.5, 0.6) is 0 Å². The molecule has 1 unspecified atom stereocenters. The molecular weight excluding hydrogens is 244 g/mol. The minimum absolute atomic E-state index is 0.0661. The number of nitrogens with one attached hydrogen (secondary N) is 2. The summed E-state index contributed by atoms with van der Waals surface area (Å²) < 4.78 is 0. The van der Waals surface area contributed by atoms with Gasteiger partial charge in [0.2, 0.25) is 5.91 Å². The van der Waals surface area contributed by atoms with Gasteiger partial charge < -0.3 is 16.5 Å². The van der Waals surface area contributed by atoms with Crippen LogP contribution in [0.15, 0.2) is 6.07 Å². The molecule has 1 atom stereocenters. The summed E-state index contributed by atoms with van der Waals surface area (Å²) >= 11 is 0. The minimum atomic E-state index is -0.477. The molecule has 106 valence electrons. The van der Waals surface area contributed by atoms with Crippen molar-refractivity contribution in [2.45, 2.75) is 39.7 Å². The molecule has 0 aliphatic carbocycles. The van der Waals surface area contributed by atoms with Gasteiger partial charge >= 0.3 is 0 Å². The number of nitrogens with zero attached hydrogens (tertiary/aromatic N) is 2. The number of hydrogen-bond acceptors (Lipinski definition) is 6. The van der Waals surface area contributed by atoms with Gasteiger partial charge in [-0.25, -0.2) is 15.8 Å². The zero-order valence-electron chi connectivity index (χ0n) is 11.6. The molecule has 0 bridgehead atoms. The lowest BCUT2D eigenvalue weighted by Gasteiger charge is -2.20. The topological polar surface area (TPSA) is 119 Å². The number of hydrazine groups is 1. The number of nitrogens with two attached hydrogens (primary N) is 2. The second-order valence-electron chi connectivity index (χ2n) is 4.72. The summed E-state index contributed by atoms with van der Waals surface area (Å²) in [6.07, 6.45) is 1.67. The van der Waals surface area contributed by atoms with Crippen LogP contribution in [0.4, 0.5) is 11.6 Å². The lowest BCUT2D eigenvalue weighted by molar-refractivity contribution is -0.119. The van der Waals surface area contributed by atoms with E-state index in [1.165, 1.54) is 0 Å². The van der Waals surface area contributed by atoms with Crippen molar-refractivity contribution in [1.82, 2.24) is 9.97 Å². The summed E-state index contributed by atoms with van der Waals surface area (Å²) in [5, 5.41) is 3.03. The van der Waals surface area contributed by atoms with Crippen molar-refractivity contribution in [2.75, 3.05) is 10.7 Å². The molecule has 1 aromatic rings. The van der Waals surface area contributed by atoms with E-state index in [4.69, 9.17) is 11.6 Å². The maximum atomic E-state index is 11.4. The molecule has 0 fully saturated rings. The van der Waals surface area contributed by atoms with E-state index in [2.05, 4.69) is 20.7 Å². The zero-order valence-corrected chi connectivity index (χ0v) is 11.6. The Morgan fingerprint density at radius 1 is 1.37 bits per heavy atom. The highest BCUT2D eigenvalue weighted by atomic mass is 16.1. The van der Waals surface area contributed by atoms with E-state index in [0.717, 1.165) is 12.8 Å². The van der Waals surface area contributed by atoms with E-state index < -0.39 is 11.9 Å². The molecule has 0 aliphatic heterocycles. The predicted octanol–water partition coefficient (Wildman–Crippen LogP) is 0.637. The quantitative estimate of drug-likeness (QED) is 0.424. The van der Waals surface area contributed by atoms with Crippen molar-refractivity contribution >= 4 is 17.5 Å². The van der Waals surface area contributed by atoms with Gasteiger partial charge in [-0.05, 0) is 12.3 Å². The van der Waals surface area contributed by atoms with Gasteiger partial charge in [0.25, 0.3) is 0 Å². The number of nitrogen functional groups attached to an aromatic ring is 1. The van der Waals surface area contributed by atoms with Crippen LogP contribution < -0.4 is 22.3 Å². The molecule has 1 aromatic heterocycles. The molecule has 1 heterocycles. The number of primary amides is 1. The highest BCUT2D eigenvalue weighted by Crippen LogP contribution is 2.15. The zero-order chi connectivity index (χ0) is 14.4. The summed E-state index contributed by atoms with van der Waals surface area (Å²) in [7, 11) is 0. The standard InChI is InChI=1S/C12H22N6O/c1-4-5-8-15-9(6-10(16-8)18-14)17-11(7(2)3)12(13)19/h6-7,11H,4-5,14H2,1-3H3,(H2,13,19)(H2,15,16,17,18). The Bertz CT molecular complexity index is 434. The summed E-state index contributed by atoms with van der Waals surface area (Å²) in [5.74, 6) is 6.76. The van der Waals surface area contributed by atoms with Gasteiger partial charge in [-0.2, -0.15) is 0 Å². The van der Waals surface area contributed by atoms with E-state index in [-0.39, 0.29) is 5.92 Å². The first-order valence-corrected chi connectivity index (χ1v) is 6.38. The summed E-state index contributed by atoms with van der Waals surface area (Å²) in [4.78, 5) is 20.0. The van der Waals surface area contributed by atoms with Gasteiger partial charge in [-0.1, -0.05) is 20.8 Å². The molecule has 1 amide bonds. The van der Waals surface area contributed by atoms with Crippen LogP contribution in [0.2, 0.25) is 0 Å². The smallest absolute Gasteiger partial charge is 0.240 e. The normalized spacial score (nSPS) is 12.3. The SMILES string of the molecule is CCCc1nc(NN)cc(NC(C(N)=O)C(C)C)n1. The summed E-state index contributed by atoms with van der Waals surface area (Å²) in [6.45, 7) is 5.87. The Morgan fingerprint density at radius 3 is 2.47 bits per heavy atom. The van der Waals surface area contributed by atoms with Crippen molar-refractivity contribution in [1.29, 1.82) is 0 Å². The molecule has 7 heteroatoms. The number of amides is 1. The fourth-order valence-electron chi connectivity index (χ4n) is 1.71. The van der Waals surface area contributed by atoms with Crippen LogP contribution >= 0.6 is 0 Å². The number of hydrogen-bond donors (Lipinski definition) is 4. The molecule has 19 heavy (non-hydrogen) atoms. The molecule has 7 nitrogen and oxygen atoms in total. The van der Waals surface area contributed by atoms with Gasteiger partial charge in [0.15, 0.2) is 0 Å². The minimum Gasteiger partial charge on any atom is -0.368 e. The van der Waals surface area contributed by atoms with Gasteiger partial charge in [0, 0.05) is 12.5 Å². The number of aryl methyl sites for hydroxylation is 1. The van der Waals surface area contributed by atoms with Crippen molar-refractivity contribution in [3.05, 3.63) is 11.9 Å². The Hall–Kier alpha value is -1.89. The highest BCUT2D eigenvalue weighted by molar-refractivity contribution is 5.83. The first-order chi connectivity index (χ1) is 8.97. The Kier molecular flexibility index (Phi) is 5.50. The van der Waals surface area contributed by atoms with Crippen LogP contribution in [0.1, 0.15) is 33.0 Å². The Morgan fingerprint density at radius 2 is 2.00 bits per heavy atom. The van der Waals surface area contributed by atoms with E-state index in [1.54, 1.807) is 6.07 Å². The lowest BCUT2D eigenvalue weighted by Crippen LogP contribution is -2.39. The third-order valence-corrected chi connectivity index (χ3v) is 2.67. The summed E-state index contributed by atoms with van der Waals surface area (Å²) in [6, 6.07) is 1.17. The van der Waals surface area contributed by atoms with Gasteiger partial charge in [0.05, 0.1) is 0 Å². The van der Waals surface area contributed by atoms with Crippen molar-refractivity contribution in [3.8, 4) is 0 Å². The van der Waals surface area contributed by atoms with Crippen molar-refractivity contribution in [3.63, 3.8) is 0 Å². The molecule has 0 aliphatic rings. The van der Waals surface area contributed by atoms with E-state index in [9.17, 15) is 4.79 Å². The summed E-state index contributed by atoms with van der Waals surface area (Å²) in [5.41, 5.74) is 7.86. The van der Waals surface area contributed by atoms with Crippen LogP contribution in [-0.4, -0.2) is 21.9 Å². The maximum absolute atomic E-state index is 11.4. The predicted molar refractivity (Wildman–Crippen MR) is 75.3 cm³/mol. The van der Waals surface area contributed by atoms with E-state index >= 15 is 0 Å². The van der Waals surface area contributed by atoms with Gasteiger partial charge in [-0.3, -0.25) is 4.79 Å².